The van der Waals surface area contributed by atoms with Crippen molar-refractivity contribution in [2.75, 3.05) is 0 Å². The van der Waals surface area contributed by atoms with Gasteiger partial charge in [-0.3, -0.25) is 0 Å². The fourth-order valence-electron chi connectivity index (χ4n) is 1.36. The molecule has 0 spiro atoms. The summed E-state index contributed by atoms with van der Waals surface area (Å²) in [7, 11) is 0. The van der Waals surface area contributed by atoms with E-state index in [1.54, 1.807) is 0 Å². The highest BCUT2D eigenvalue weighted by Crippen LogP contribution is 2.40. The van der Waals surface area contributed by atoms with Crippen molar-refractivity contribution in [3.05, 3.63) is 17.7 Å². The van der Waals surface area contributed by atoms with Crippen LogP contribution in [0.1, 0.15) is 24.4 Å². The lowest BCUT2D eigenvalue weighted by atomic mass is 10.0. The molecule has 1 atom stereocenters. The number of phenols is 3. The van der Waals surface area contributed by atoms with E-state index in [1.165, 1.54) is 6.07 Å². The third-order valence-corrected chi connectivity index (χ3v) is 2.30. The Morgan fingerprint density at radius 2 is 1.67 bits per heavy atom. The van der Waals surface area contributed by atoms with Crippen LogP contribution < -0.4 is 5.73 Å². The van der Waals surface area contributed by atoms with Crippen LogP contribution in [0.15, 0.2) is 12.1 Å². The number of phenolic OH excluding ortho intramolecular Hbond substituents is 3. The van der Waals surface area contributed by atoms with Crippen LogP contribution in [0.3, 0.4) is 0 Å². The number of nitrogens with two attached hydrogens (primary N) is 1. The molecule has 0 fully saturated rings. The van der Waals surface area contributed by atoms with Gasteiger partial charge in [0, 0.05) is 18.0 Å². The van der Waals surface area contributed by atoms with Crippen molar-refractivity contribution in [1.29, 1.82) is 0 Å². The summed E-state index contributed by atoms with van der Waals surface area (Å²) in [4.78, 5) is 0. The van der Waals surface area contributed by atoms with Crippen LogP contribution >= 0.6 is 12.4 Å². The van der Waals surface area contributed by atoms with Gasteiger partial charge in [-0.1, -0.05) is 0 Å². The smallest absolute Gasteiger partial charge is 0.389 e. The summed E-state index contributed by atoms with van der Waals surface area (Å²) in [6.07, 6.45) is -5.83. The lowest BCUT2D eigenvalue weighted by Gasteiger charge is -2.15. The quantitative estimate of drug-likeness (QED) is 0.644. The van der Waals surface area contributed by atoms with E-state index in [1.807, 2.05) is 0 Å². The molecule has 0 heterocycles. The molecule has 0 unspecified atom stereocenters. The fourth-order valence-corrected chi connectivity index (χ4v) is 1.36. The van der Waals surface area contributed by atoms with Crippen LogP contribution in [-0.2, 0) is 0 Å². The maximum atomic E-state index is 12.0. The number of aromatic hydroxyl groups is 3. The molecule has 0 saturated carbocycles. The summed E-state index contributed by atoms with van der Waals surface area (Å²) in [5, 5.41) is 27.6. The van der Waals surface area contributed by atoms with E-state index < -0.39 is 42.3 Å². The zero-order valence-corrected chi connectivity index (χ0v) is 9.92. The average molecular weight is 288 g/mol. The molecule has 0 aliphatic heterocycles. The summed E-state index contributed by atoms with van der Waals surface area (Å²) in [6, 6.07) is 1.16. The van der Waals surface area contributed by atoms with Crippen LogP contribution in [-0.4, -0.2) is 21.5 Å². The normalized spacial score (nSPS) is 12.9. The van der Waals surface area contributed by atoms with E-state index >= 15 is 0 Å². The summed E-state index contributed by atoms with van der Waals surface area (Å²) < 4.78 is 35.9. The maximum Gasteiger partial charge on any atom is 0.389 e. The third kappa shape index (κ3) is 4.15. The molecular weight excluding hydrogens is 275 g/mol. The number of hydrogen-bond acceptors (Lipinski definition) is 4. The molecule has 4 nitrogen and oxygen atoms in total. The Labute approximate surface area is 107 Å². The first-order valence-corrected chi connectivity index (χ1v) is 4.78. The van der Waals surface area contributed by atoms with Crippen LogP contribution in [0.2, 0.25) is 0 Å². The Kier molecular flexibility index (Phi) is 5.56. The first-order valence-electron chi connectivity index (χ1n) is 4.78. The number of halogens is 4. The number of benzene rings is 1. The number of alkyl halides is 3. The van der Waals surface area contributed by atoms with Gasteiger partial charge in [0.2, 0.25) is 5.75 Å². The molecule has 0 aliphatic carbocycles. The minimum absolute atomic E-state index is 0. The van der Waals surface area contributed by atoms with Gasteiger partial charge in [-0.15, -0.1) is 12.4 Å². The molecule has 1 aromatic rings. The molecule has 18 heavy (non-hydrogen) atoms. The minimum Gasteiger partial charge on any atom is -0.504 e. The van der Waals surface area contributed by atoms with E-state index in [4.69, 9.17) is 10.8 Å². The predicted octanol–water partition coefficient (Wildman–Crippen LogP) is 2.57. The summed E-state index contributed by atoms with van der Waals surface area (Å²) in [5.74, 6) is -2.04. The number of hydrogen-bond donors (Lipinski definition) is 4. The molecule has 1 aromatic carbocycles. The maximum absolute atomic E-state index is 12.0. The molecular formula is C10H13ClF3NO3. The summed E-state index contributed by atoms with van der Waals surface area (Å²) in [5.41, 5.74) is 5.43. The second-order valence-corrected chi connectivity index (χ2v) is 3.63. The van der Waals surface area contributed by atoms with Crippen molar-refractivity contribution in [2.24, 2.45) is 5.73 Å². The van der Waals surface area contributed by atoms with Gasteiger partial charge in [0.25, 0.3) is 0 Å². The van der Waals surface area contributed by atoms with Crippen LogP contribution in [0.25, 0.3) is 0 Å². The van der Waals surface area contributed by atoms with Gasteiger partial charge in [0.15, 0.2) is 11.5 Å². The Bertz CT molecular complexity index is 412. The molecule has 104 valence electrons. The monoisotopic (exact) mass is 287 g/mol. The molecule has 0 saturated heterocycles. The first kappa shape index (κ1) is 16.7. The molecule has 8 heteroatoms. The van der Waals surface area contributed by atoms with E-state index in [-0.39, 0.29) is 18.0 Å². The Hall–Kier alpha value is -1.34. The molecule has 1 rings (SSSR count). The largest absolute Gasteiger partial charge is 0.504 e. The zero-order chi connectivity index (χ0) is 13.2. The summed E-state index contributed by atoms with van der Waals surface area (Å²) in [6.45, 7) is 0. The molecule has 0 aliphatic rings. The molecule has 5 N–H and O–H groups in total. The first-order chi connectivity index (χ1) is 7.72. The highest BCUT2D eigenvalue weighted by molar-refractivity contribution is 5.85. The van der Waals surface area contributed by atoms with Crippen LogP contribution in [0, 0.1) is 0 Å². The lowest BCUT2D eigenvalue weighted by Crippen LogP contribution is -2.15. The average Bonchev–Trinajstić information content (AvgIpc) is 2.22. The van der Waals surface area contributed by atoms with Crippen LogP contribution in [0.5, 0.6) is 17.2 Å². The van der Waals surface area contributed by atoms with E-state index in [0.29, 0.717) is 0 Å². The molecule has 0 radical (unpaired) electrons. The Balaban J connectivity index is 0.00000289. The van der Waals surface area contributed by atoms with Crippen molar-refractivity contribution in [1.82, 2.24) is 0 Å². The van der Waals surface area contributed by atoms with Crippen molar-refractivity contribution in [2.45, 2.75) is 25.1 Å². The van der Waals surface area contributed by atoms with Crippen molar-refractivity contribution < 1.29 is 28.5 Å². The fraction of sp³-hybridized carbons (Fsp3) is 0.400. The van der Waals surface area contributed by atoms with Gasteiger partial charge in [0.1, 0.15) is 0 Å². The van der Waals surface area contributed by atoms with Crippen molar-refractivity contribution in [3.8, 4) is 17.2 Å². The van der Waals surface area contributed by atoms with Crippen LogP contribution in [0.4, 0.5) is 13.2 Å². The highest BCUT2D eigenvalue weighted by Gasteiger charge is 2.28. The standard InChI is InChI=1S/C10H12F3NO3.ClH/c11-10(12,13)4-3-6(14)5-1-2-7(15)9(17)8(5)16;/h1-2,6,15-17H,3-4,14H2;1H/t6-;/m0./s1. The lowest BCUT2D eigenvalue weighted by molar-refractivity contribution is -0.136. The van der Waals surface area contributed by atoms with E-state index in [9.17, 15) is 23.4 Å². The van der Waals surface area contributed by atoms with Gasteiger partial charge in [-0.05, 0) is 18.6 Å². The van der Waals surface area contributed by atoms with Gasteiger partial charge >= 0.3 is 6.18 Å². The van der Waals surface area contributed by atoms with Gasteiger partial charge in [-0.2, -0.15) is 13.2 Å². The SMILES string of the molecule is Cl.N[C@@H](CCC(F)(F)F)c1ccc(O)c(O)c1O. The molecule has 0 aromatic heterocycles. The second kappa shape index (κ2) is 6.01. The van der Waals surface area contributed by atoms with Gasteiger partial charge in [0.05, 0.1) is 0 Å². The highest BCUT2D eigenvalue weighted by atomic mass is 35.5. The third-order valence-electron chi connectivity index (χ3n) is 2.30. The Morgan fingerprint density at radius 1 is 1.11 bits per heavy atom. The molecule has 0 bridgehead atoms. The van der Waals surface area contributed by atoms with E-state index in [0.717, 1.165) is 6.07 Å². The number of rotatable bonds is 3. The van der Waals surface area contributed by atoms with Crippen molar-refractivity contribution in [3.63, 3.8) is 0 Å². The van der Waals surface area contributed by atoms with Gasteiger partial charge in [-0.25, -0.2) is 0 Å². The topological polar surface area (TPSA) is 86.7 Å². The van der Waals surface area contributed by atoms with Crippen molar-refractivity contribution >= 4 is 12.4 Å². The predicted molar refractivity (Wildman–Crippen MR) is 60.9 cm³/mol. The zero-order valence-electron chi connectivity index (χ0n) is 9.11. The molecule has 0 amide bonds. The summed E-state index contributed by atoms with van der Waals surface area (Å²) >= 11 is 0. The van der Waals surface area contributed by atoms with Gasteiger partial charge < -0.3 is 21.1 Å². The van der Waals surface area contributed by atoms with E-state index in [2.05, 4.69) is 0 Å². The Morgan fingerprint density at radius 3 is 2.17 bits per heavy atom. The second-order valence-electron chi connectivity index (χ2n) is 3.63. The minimum atomic E-state index is -4.33.